The molecule has 0 saturated heterocycles. The van der Waals surface area contributed by atoms with Gasteiger partial charge in [0.25, 0.3) is 5.91 Å². The first-order valence-corrected chi connectivity index (χ1v) is 10.7. The zero-order chi connectivity index (χ0) is 23.6. The number of carbonyl (C=O) groups excluding carboxylic acids is 2. The van der Waals surface area contributed by atoms with Gasteiger partial charge in [-0.3, -0.25) is 4.79 Å². The summed E-state index contributed by atoms with van der Waals surface area (Å²) in [5.74, 6) is 0.899. The fourth-order valence-corrected chi connectivity index (χ4v) is 2.74. The van der Waals surface area contributed by atoms with Gasteiger partial charge in [-0.2, -0.15) is 0 Å². The van der Waals surface area contributed by atoms with E-state index in [2.05, 4.69) is 22.5 Å². The lowest BCUT2D eigenvalue weighted by molar-refractivity contribution is 0.0277. The van der Waals surface area contributed by atoms with Crippen LogP contribution in [0.4, 0.5) is 4.79 Å². The van der Waals surface area contributed by atoms with Crippen LogP contribution >= 0.6 is 0 Å². The van der Waals surface area contributed by atoms with E-state index >= 15 is 0 Å². The van der Waals surface area contributed by atoms with Gasteiger partial charge in [0.2, 0.25) is 0 Å². The number of rotatable bonds is 8. The Labute approximate surface area is 187 Å². The summed E-state index contributed by atoms with van der Waals surface area (Å²) in [7, 11) is 5.22. The van der Waals surface area contributed by atoms with Crippen LogP contribution in [0.5, 0.6) is 0 Å². The topological polar surface area (TPSA) is 86.3 Å². The van der Waals surface area contributed by atoms with Gasteiger partial charge >= 0.3 is 6.09 Å². The molecule has 0 aliphatic rings. The number of hydrogen-bond donors (Lipinski definition) is 2. The summed E-state index contributed by atoms with van der Waals surface area (Å²) in [6, 6.07) is 7.48. The van der Waals surface area contributed by atoms with Gasteiger partial charge in [-0.1, -0.05) is 19.1 Å². The van der Waals surface area contributed by atoms with E-state index in [0.717, 1.165) is 12.1 Å². The molecule has 8 nitrogen and oxygen atoms in total. The van der Waals surface area contributed by atoms with Crippen molar-refractivity contribution in [2.75, 3.05) is 40.8 Å². The molecule has 31 heavy (non-hydrogen) atoms. The molecule has 0 aromatic heterocycles. The molecule has 0 aliphatic carbocycles. The van der Waals surface area contributed by atoms with Crippen molar-refractivity contribution in [2.24, 2.45) is 10.9 Å². The summed E-state index contributed by atoms with van der Waals surface area (Å²) < 4.78 is 5.40. The van der Waals surface area contributed by atoms with Gasteiger partial charge < -0.3 is 25.2 Å². The zero-order valence-corrected chi connectivity index (χ0v) is 20.3. The largest absolute Gasteiger partial charge is 0.444 e. The molecule has 1 aromatic rings. The second-order valence-corrected chi connectivity index (χ2v) is 8.94. The van der Waals surface area contributed by atoms with Crippen LogP contribution in [0.2, 0.25) is 0 Å². The molecule has 1 atom stereocenters. The predicted octanol–water partition coefficient (Wildman–Crippen LogP) is 2.95. The van der Waals surface area contributed by atoms with Gasteiger partial charge in [-0.15, -0.1) is 0 Å². The highest BCUT2D eigenvalue weighted by atomic mass is 16.6. The van der Waals surface area contributed by atoms with Crippen molar-refractivity contribution in [3.63, 3.8) is 0 Å². The lowest BCUT2D eigenvalue weighted by Crippen LogP contribution is -2.42. The van der Waals surface area contributed by atoms with Gasteiger partial charge in [-0.05, 0) is 51.3 Å². The van der Waals surface area contributed by atoms with Gasteiger partial charge in [0.05, 0.1) is 6.54 Å². The molecule has 0 bridgehead atoms. The molecule has 0 heterocycles. The van der Waals surface area contributed by atoms with Crippen LogP contribution < -0.4 is 10.6 Å². The molecule has 0 fully saturated rings. The summed E-state index contributed by atoms with van der Waals surface area (Å²) in [6.45, 7) is 12.1. The lowest BCUT2D eigenvalue weighted by Gasteiger charge is -2.26. The Bertz CT molecular complexity index is 739. The normalized spacial score (nSPS) is 12.7. The Morgan fingerprint density at radius 2 is 1.71 bits per heavy atom. The molecule has 1 aromatic carbocycles. The lowest BCUT2D eigenvalue weighted by atomic mass is 10.1. The monoisotopic (exact) mass is 433 g/mol. The van der Waals surface area contributed by atoms with Crippen molar-refractivity contribution in [2.45, 2.75) is 46.8 Å². The maximum absolute atomic E-state index is 12.1. The van der Waals surface area contributed by atoms with E-state index < -0.39 is 5.60 Å². The highest BCUT2D eigenvalue weighted by Crippen LogP contribution is 2.10. The number of carbonyl (C=O) groups is 2. The first-order valence-electron chi connectivity index (χ1n) is 10.7. The van der Waals surface area contributed by atoms with Crippen LogP contribution in [-0.4, -0.2) is 74.1 Å². The molecular formula is C23H39N5O3. The van der Waals surface area contributed by atoms with Crippen LogP contribution in [0.3, 0.4) is 0 Å². The minimum atomic E-state index is -0.504. The summed E-state index contributed by atoms with van der Waals surface area (Å²) in [4.78, 5) is 31.9. The number of ether oxygens (including phenoxy) is 1. The zero-order valence-electron chi connectivity index (χ0n) is 20.3. The number of hydrogen-bond acceptors (Lipinski definition) is 4. The molecule has 174 valence electrons. The average Bonchev–Trinajstić information content (AvgIpc) is 2.68. The van der Waals surface area contributed by atoms with Crippen molar-refractivity contribution in [1.29, 1.82) is 0 Å². The van der Waals surface area contributed by atoms with Gasteiger partial charge in [0.15, 0.2) is 5.96 Å². The second kappa shape index (κ2) is 12.2. The first kappa shape index (κ1) is 26.3. The van der Waals surface area contributed by atoms with Crippen LogP contribution in [0.25, 0.3) is 0 Å². The van der Waals surface area contributed by atoms with Crippen molar-refractivity contribution >= 4 is 18.0 Å². The standard InChI is InChI=1S/C23H39N5O3/c1-9-24-21(25-14-17(2)16-28(8)22(30)31-23(3,4)5)26-15-18-10-12-19(13-11-18)20(29)27(6)7/h10-13,17H,9,14-16H2,1-8H3,(H2,24,25,26). The van der Waals surface area contributed by atoms with E-state index in [4.69, 9.17) is 4.74 Å². The third-order valence-electron chi connectivity index (χ3n) is 4.28. The molecule has 1 rings (SSSR count). The molecule has 2 N–H and O–H groups in total. The smallest absolute Gasteiger partial charge is 0.410 e. The molecule has 0 spiro atoms. The fourth-order valence-electron chi connectivity index (χ4n) is 2.74. The molecule has 8 heteroatoms. The summed E-state index contributed by atoms with van der Waals surface area (Å²) >= 11 is 0. The van der Waals surface area contributed by atoms with Crippen molar-refractivity contribution in [3.8, 4) is 0 Å². The maximum atomic E-state index is 12.1. The van der Waals surface area contributed by atoms with Gasteiger partial charge in [-0.25, -0.2) is 9.79 Å². The maximum Gasteiger partial charge on any atom is 0.410 e. The SMILES string of the molecule is CCNC(=NCc1ccc(C(=O)N(C)C)cc1)NCC(C)CN(C)C(=O)OC(C)(C)C. The predicted molar refractivity (Wildman–Crippen MR) is 125 cm³/mol. The Hall–Kier alpha value is -2.77. The van der Waals surface area contributed by atoms with Crippen LogP contribution in [-0.2, 0) is 11.3 Å². The number of aliphatic imine (C=N–C) groups is 1. The van der Waals surface area contributed by atoms with Gasteiger partial charge in [0, 0.05) is 46.3 Å². The Balaban J connectivity index is 2.60. The molecular weight excluding hydrogens is 394 g/mol. The number of guanidine groups is 1. The van der Waals surface area contributed by atoms with Crippen LogP contribution in [0.1, 0.15) is 50.5 Å². The summed E-state index contributed by atoms with van der Waals surface area (Å²) in [5, 5.41) is 6.56. The third-order valence-corrected chi connectivity index (χ3v) is 4.28. The van der Waals surface area contributed by atoms with E-state index in [9.17, 15) is 9.59 Å². The van der Waals surface area contributed by atoms with E-state index in [0.29, 0.717) is 31.2 Å². The Kier molecular flexibility index (Phi) is 10.3. The van der Waals surface area contributed by atoms with E-state index in [-0.39, 0.29) is 17.9 Å². The average molecular weight is 434 g/mol. The van der Waals surface area contributed by atoms with Crippen molar-refractivity contribution in [1.82, 2.24) is 20.4 Å². The highest BCUT2D eigenvalue weighted by Gasteiger charge is 2.20. The molecule has 1 unspecified atom stereocenters. The first-order chi connectivity index (χ1) is 14.4. The number of nitrogens with zero attached hydrogens (tertiary/aromatic N) is 3. The number of nitrogens with one attached hydrogen (secondary N) is 2. The quantitative estimate of drug-likeness (QED) is 0.486. The number of amides is 2. The van der Waals surface area contributed by atoms with E-state index in [1.807, 2.05) is 52.0 Å². The molecule has 0 saturated carbocycles. The summed E-state index contributed by atoms with van der Waals surface area (Å²) in [5.41, 5.74) is 1.17. The van der Waals surface area contributed by atoms with Gasteiger partial charge in [0.1, 0.15) is 5.60 Å². The van der Waals surface area contributed by atoms with E-state index in [1.165, 1.54) is 0 Å². The Morgan fingerprint density at radius 3 is 2.23 bits per heavy atom. The minimum absolute atomic E-state index is 0.0182. The third kappa shape index (κ3) is 10.2. The summed E-state index contributed by atoms with van der Waals surface area (Å²) in [6.07, 6.45) is -0.323. The van der Waals surface area contributed by atoms with Crippen LogP contribution in [0.15, 0.2) is 29.3 Å². The minimum Gasteiger partial charge on any atom is -0.444 e. The number of benzene rings is 1. The van der Waals surface area contributed by atoms with Crippen molar-refractivity contribution in [3.05, 3.63) is 35.4 Å². The fraction of sp³-hybridized carbons (Fsp3) is 0.609. The second-order valence-electron chi connectivity index (χ2n) is 8.94. The Morgan fingerprint density at radius 1 is 1.10 bits per heavy atom. The van der Waals surface area contributed by atoms with Crippen LogP contribution in [0, 0.1) is 5.92 Å². The molecule has 0 aliphatic heterocycles. The molecule has 0 radical (unpaired) electrons. The molecule has 2 amide bonds. The van der Waals surface area contributed by atoms with Crippen molar-refractivity contribution < 1.29 is 14.3 Å². The van der Waals surface area contributed by atoms with E-state index in [1.54, 1.807) is 30.9 Å². The highest BCUT2D eigenvalue weighted by molar-refractivity contribution is 5.93.